The van der Waals surface area contributed by atoms with Crippen LogP contribution in [0, 0.1) is 0 Å². The molecule has 1 aromatic heterocycles. The third-order valence-electron chi connectivity index (χ3n) is 3.46. The molecule has 2 rings (SSSR count). The molecule has 0 bridgehead atoms. The molecule has 1 saturated heterocycles. The molecular weight excluding hydrogens is 302 g/mol. The van der Waals surface area contributed by atoms with E-state index >= 15 is 0 Å². The van der Waals surface area contributed by atoms with Crippen LogP contribution in [0.4, 0.5) is 0 Å². The summed E-state index contributed by atoms with van der Waals surface area (Å²) >= 11 is 5.62. The van der Waals surface area contributed by atoms with Gasteiger partial charge in [0.25, 0.3) is 0 Å². The quantitative estimate of drug-likeness (QED) is 0.717. The largest absolute Gasteiger partial charge is 0.338 e. The lowest BCUT2D eigenvalue weighted by atomic mass is 10.2. The first-order valence-corrected chi connectivity index (χ1v) is 8.89. The van der Waals surface area contributed by atoms with Crippen molar-refractivity contribution in [3.8, 4) is 0 Å². The average molecular weight is 320 g/mol. The lowest BCUT2D eigenvalue weighted by Gasteiger charge is -2.27. The third kappa shape index (κ3) is 3.96. The number of hydrogen-bond donors (Lipinski definition) is 0. The zero-order chi connectivity index (χ0) is 14.6. The Bertz CT molecular complexity index is 544. The van der Waals surface area contributed by atoms with E-state index in [0.29, 0.717) is 13.0 Å². The second-order valence-corrected chi connectivity index (χ2v) is 7.43. The first-order chi connectivity index (χ1) is 9.52. The molecule has 112 valence electrons. The van der Waals surface area contributed by atoms with Crippen LogP contribution in [0.5, 0.6) is 0 Å². The van der Waals surface area contributed by atoms with Crippen molar-refractivity contribution in [1.29, 1.82) is 0 Å². The molecule has 0 N–H and O–H groups in total. The molecule has 0 radical (unpaired) electrons. The number of rotatable bonds is 6. The number of aryl methyl sites for hydroxylation is 1. The SMILES string of the molecule is O=C(CCl)N(CCCn1ccnc1)[C@H]1CCS(=O)(=O)C1. The topological polar surface area (TPSA) is 72.3 Å². The van der Waals surface area contributed by atoms with Gasteiger partial charge in [0.2, 0.25) is 5.91 Å². The molecule has 0 saturated carbocycles. The van der Waals surface area contributed by atoms with Gasteiger partial charge in [-0.3, -0.25) is 4.79 Å². The molecule has 2 heterocycles. The number of aromatic nitrogens is 2. The zero-order valence-electron chi connectivity index (χ0n) is 11.1. The van der Waals surface area contributed by atoms with E-state index < -0.39 is 9.84 Å². The minimum atomic E-state index is -3.00. The number of sulfone groups is 1. The molecule has 1 fully saturated rings. The fourth-order valence-corrected chi connectivity index (χ4v) is 4.34. The molecule has 1 atom stereocenters. The van der Waals surface area contributed by atoms with Gasteiger partial charge in [-0.15, -0.1) is 11.6 Å². The van der Waals surface area contributed by atoms with Crippen LogP contribution in [-0.2, 0) is 21.2 Å². The van der Waals surface area contributed by atoms with Crippen molar-refractivity contribution in [1.82, 2.24) is 14.5 Å². The van der Waals surface area contributed by atoms with E-state index in [9.17, 15) is 13.2 Å². The molecule has 0 aromatic carbocycles. The summed E-state index contributed by atoms with van der Waals surface area (Å²) in [5.41, 5.74) is 0. The fraction of sp³-hybridized carbons (Fsp3) is 0.667. The van der Waals surface area contributed by atoms with Crippen molar-refractivity contribution in [3.05, 3.63) is 18.7 Å². The van der Waals surface area contributed by atoms with Gasteiger partial charge in [0.15, 0.2) is 9.84 Å². The van der Waals surface area contributed by atoms with E-state index in [1.165, 1.54) is 0 Å². The summed E-state index contributed by atoms with van der Waals surface area (Å²) in [6, 6.07) is -0.228. The molecule has 20 heavy (non-hydrogen) atoms. The number of hydrogen-bond acceptors (Lipinski definition) is 4. The Kier molecular flexibility index (Phi) is 5.04. The van der Waals surface area contributed by atoms with Crippen molar-refractivity contribution in [2.75, 3.05) is 23.9 Å². The number of amides is 1. The molecular formula is C12H18ClN3O3S. The number of alkyl halides is 1. The normalized spacial score (nSPS) is 20.9. The van der Waals surface area contributed by atoms with Crippen LogP contribution in [0.25, 0.3) is 0 Å². The van der Waals surface area contributed by atoms with Crippen LogP contribution in [0.3, 0.4) is 0 Å². The number of imidazole rings is 1. The van der Waals surface area contributed by atoms with Crippen molar-refractivity contribution < 1.29 is 13.2 Å². The van der Waals surface area contributed by atoms with E-state index in [1.54, 1.807) is 17.4 Å². The zero-order valence-corrected chi connectivity index (χ0v) is 12.7. The highest BCUT2D eigenvalue weighted by Gasteiger charge is 2.33. The summed E-state index contributed by atoms with van der Waals surface area (Å²) in [7, 11) is -3.00. The number of halogens is 1. The van der Waals surface area contributed by atoms with Gasteiger partial charge in [0.05, 0.1) is 17.8 Å². The standard InChI is InChI=1S/C12H18ClN3O3S/c13-8-12(17)16(11-2-7-20(18,19)9-11)5-1-4-15-6-3-14-10-15/h3,6,10-11H,1-2,4-5,7-9H2/t11-/m0/s1. The molecule has 0 unspecified atom stereocenters. The molecule has 1 aliphatic heterocycles. The van der Waals surface area contributed by atoms with E-state index in [2.05, 4.69) is 4.98 Å². The Morgan fingerprint density at radius 1 is 1.50 bits per heavy atom. The molecule has 1 aliphatic rings. The summed E-state index contributed by atoms with van der Waals surface area (Å²) in [5.74, 6) is -0.0903. The lowest BCUT2D eigenvalue weighted by molar-refractivity contribution is -0.130. The summed E-state index contributed by atoms with van der Waals surface area (Å²) in [4.78, 5) is 17.5. The van der Waals surface area contributed by atoms with Gasteiger partial charge in [-0.25, -0.2) is 13.4 Å². The Morgan fingerprint density at radius 2 is 2.30 bits per heavy atom. The van der Waals surface area contributed by atoms with Crippen molar-refractivity contribution in [3.63, 3.8) is 0 Å². The van der Waals surface area contributed by atoms with E-state index in [1.807, 2.05) is 10.8 Å². The second kappa shape index (κ2) is 6.58. The molecule has 6 nitrogen and oxygen atoms in total. The first-order valence-electron chi connectivity index (χ1n) is 6.53. The Morgan fingerprint density at radius 3 is 2.85 bits per heavy atom. The molecule has 0 spiro atoms. The fourth-order valence-electron chi connectivity index (χ4n) is 2.45. The van der Waals surface area contributed by atoms with Gasteiger partial charge in [-0.1, -0.05) is 0 Å². The van der Waals surface area contributed by atoms with Gasteiger partial charge in [-0.05, 0) is 12.8 Å². The highest BCUT2D eigenvalue weighted by molar-refractivity contribution is 7.91. The van der Waals surface area contributed by atoms with Crippen LogP contribution in [0.15, 0.2) is 18.7 Å². The van der Waals surface area contributed by atoms with Crippen LogP contribution < -0.4 is 0 Å². The van der Waals surface area contributed by atoms with Crippen LogP contribution >= 0.6 is 11.6 Å². The van der Waals surface area contributed by atoms with Crippen LogP contribution in [-0.4, -0.2) is 58.7 Å². The predicted octanol–water partition coefficient (Wildman–Crippen LogP) is 0.528. The summed E-state index contributed by atoms with van der Waals surface area (Å²) in [5, 5.41) is 0. The van der Waals surface area contributed by atoms with Gasteiger partial charge < -0.3 is 9.47 Å². The maximum Gasteiger partial charge on any atom is 0.237 e. The van der Waals surface area contributed by atoms with Crippen molar-refractivity contribution in [2.45, 2.75) is 25.4 Å². The minimum absolute atomic E-state index is 0.0563. The van der Waals surface area contributed by atoms with E-state index in [0.717, 1.165) is 13.0 Å². The van der Waals surface area contributed by atoms with Crippen LogP contribution in [0.1, 0.15) is 12.8 Å². The Labute approximate surface area is 123 Å². The van der Waals surface area contributed by atoms with E-state index in [4.69, 9.17) is 11.6 Å². The monoisotopic (exact) mass is 319 g/mol. The molecule has 1 aromatic rings. The third-order valence-corrected chi connectivity index (χ3v) is 5.44. The number of nitrogens with zero attached hydrogens (tertiary/aromatic N) is 3. The molecule has 0 aliphatic carbocycles. The highest BCUT2D eigenvalue weighted by Crippen LogP contribution is 2.18. The van der Waals surface area contributed by atoms with Gasteiger partial charge >= 0.3 is 0 Å². The summed E-state index contributed by atoms with van der Waals surface area (Å²) in [6.45, 7) is 1.26. The van der Waals surface area contributed by atoms with E-state index in [-0.39, 0.29) is 29.3 Å². The maximum absolute atomic E-state index is 11.9. The number of carbonyl (C=O) groups is 1. The van der Waals surface area contributed by atoms with Gasteiger partial charge in [-0.2, -0.15) is 0 Å². The molecule has 1 amide bonds. The minimum Gasteiger partial charge on any atom is -0.338 e. The smallest absolute Gasteiger partial charge is 0.237 e. The van der Waals surface area contributed by atoms with Gasteiger partial charge in [0, 0.05) is 31.5 Å². The summed E-state index contributed by atoms with van der Waals surface area (Å²) < 4.78 is 25.0. The number of carbonyl (C=O) groups excluding carboxylic acids is 1. The maximum atomic E-state index is 11.9. The highest BCUT2D eigenvalue weighted by atomic mass is 35.5. The predicted molar refractivity (Wildman–Crippen MR) is 76.3 cm³/mol. The van der Waals surface area contributed by atoms with Gasteiger partial charge in [0.1, 0.15) is 5.88 Å². The molecule has 8 heteroatoms. The van der Waals surface area contributed by atoms with Crippen molar-refractivity contribution >= 4 is 27.3 Å². The Balaban J connectivity index is 1.92. The first kappa shape index (κ1) is 15.3. The second-order valence-electron chi connectivity index (χ2n) is 4.93. The van der Waals surface area contributed by atoms with Crippen LogP contribution in [0.2, 0.25) is 0 Å². The average Bonchev–Trinajstić information content (AvgIpc) is 3.03. The van der Waals surface area contributed by atoms with Crippen molar-refractivity contribution in [2.24, 2.45) is 0 Å². The summed E-state index contributed by atoms with van der Waals surface area (Å²) in [6.07, 6.45) is 6.53. The lowest BCUT2D eigenvalue weighted by Crippen LogP contribution is -2.42. The Hall–Kier alpha value is -1.08.